The number of carbonyl (C=O) groups excluding carboxylic acids is 4. The fourth-order valence-corrected chi connectivity index (χ4v) is 9.56. The lowest BCUT2D eigenvalue weighted by Crippen LogP contribution is -2.62. The van der Waals surface area contributed by atoms with Crippen LogP contribution in [0, 0.1) is 0 Å². The van der Waals surface area contributed by atoms with E-state index in [2.05, 4.69) is 35.1 Å². The Kier molecular flexibility index (Phi) is 9.56. The standard InChI is InChI=1S/C44H46N10O5/c45-40-38-39(26-6-13-33(14-7-26)59-32-4-2-1-3-5-32)50-54(41(38)47-25-46-40)29-10-8-27(9-11-29)48-28-18-20-51(21-19-28)31-23-52(24-31)30-12-15-34-35(22-30)44(58)53(43(34)57)36-16-17-37(55)49-42(36)56/h1-7,12-15,22,25,27-29,31,36,48H,8-11,16-21,23-24H2,(H2,45,46,47)(H,49,55,56). The van der Waals surface area contributed by atoms with Crippen LogP contribution in [0.4, 0.5) is 11.5 Å². The highest BCUT2D eigenvalue weighted by molar-refractivity contribution is 6.23. The van der Waals surface area contributed by atoms with Crippen LogP contribution in [0.2, 0.25) is 0 Å². The van der Waals surface area contributed by atoms with E-state index in [1.54, 1.807) is 12.1 Å². The Balaban J connectivity index is 0.709. The molecule has 302 valence electrons. The number of nitrogens with two attached hydrogens (primary N) is 1. The average Bonchev–Trinajstić information content (AvgIpc) is 3.74. The topological polar surface area (TPSA) is 181 Å². The average molecular weight is 795 g/mol. The Bertz CT molecular complexity index is 2430. The minimum atomic E-state index is -0.964. The van der Waals surface area contributed by atoms with Gasteiger partial charge in [-0.25, -0.2) is 14.6 Å². The molecule has 0 spiro atoms. The van der Waals surface area contributed by atoms with Gasteiger partial charge in [0.25, 0.3) is 11.8 Å². The number of hydrogen-bond acceptors (Lipinski definition) is 12. The molecule has 4 amide bonds. The molecule has 4 N–H and O–H groups in total. The lowest BCUT2D eigenvalue weighted by atomic mass is 9.89. The highest BCUT2D eigenvalue weighted by Gasteiger charge is 2.45. The molecule has 3 saturated heterocycles. The SMILES string of the molecule is Nc1ncnc2c1c(-c1ccc(Oc3ccccc3)cc1)nn2C1CCC(NC2CCN(C3CN(c4ccc5c(c4)C(=O)N(C4CCC(=O)NC4=O)C5=O)C3)CC2)CC1. The Morgan fingerprint density at radius 3 is 2.20 bits per heavy atom. The van der Waals surface area contributed by atoms with Gasteiger partial charge in [0, 0.05) is 62.0 Å². The summed E-state index contributed by atoms with van der Waals surface area (Å²) in [4.78, 5) is 65.3. The van der Waals surface area contributed by atoms with Crippen LogP contribution in [0.1, 0.15) is 78.1 Å². The second kappa shape index (κ2) is 15.2. The van der Waals surface area contributed by atoms with Crippen molar-refractivity contribution < 1.29 is 23.9 Å². The minimum Gasteiger partial charge on any atom is -0.457 e. The number of para-hydroxylation sites is 1. The molecule has 3 aromatic carbocycles. The van der Waals surface area contributed by atoms with Crippen molar-refractivity contribution in [3.8, 4) is 22.8 Å². The highest BCUT2D eigenvalue weighted by Crippen LogP contribution is 2.38. The number of nitrogens with one attached hydrogen (secondary N) is 2. The van der Waals surface area contributed by atoms with Crippen LogP contribution in [-0.4, -0.2) is 104 Å². The number of amides is 4. The first-order valence-electron chi connectivity index (χ1n) is 20.7. The number of anilines is 2. The zero-order chi connectivity index (χ0) is 40.2. The Labute approximate surface area is 340 Å². The molecule has 15 nitrogen and oxygen atoms in total. The maximum atomic E-state index is 13.3. The molecular weight excluding hydrogens is 749 g/mol. The van der Waals surface area contributed by atoms with E-state index in [1.165, 1.54) is 6.33 Å². The van der Waals surface area contributed by atoms with Gasteiger partial charge in [-0.05, 0) is 99.5 Å². The summed E-state index contributed by atoms with van der Waals surface area (Å²) in [7, 11) is 0. The van der Waals surface area contributed by atoms with Gasteiger partial charge in [-0.1, -0.05) is 18.2 Å². The third-order valence-corrected chi connectivity index (χ3v) is 12.8. The Hall–Kier alpha value is -6.19. The molecule has 0 bridgehead atoms. The molecule has 1 aliphatic carbocycles. The number of nitrogen functional groups attached to an aromatic ring is 1. The number of benzene rings is 3. The minimum absolute atomic E-state index is 0.0990. The molecule has 1 saturated carbocycles. The van der Waals surface area contributed by atoms with Crippen LogP contribution >= 0.6 is 0 Å². The van der Waals surface area contributed by atoms with Gasteiger partial charge in [0.2, 0.25) is 11.8 Å². The molecule has 0 radical (unpaired) electrons. The monoisotopic (exact) mass is 794 g/mol. The maximum Gasteiger partial charge on any atom is 0.262 e. The van der Waals surface area contributed by atoms with Crippen molar-refractivity contribution in [1.82, 2.24) is 40.2 Å². The highest BCUT2D eigenvalue weighted by atomic mass is 16.5. The van der Waals surface area contributed by atoms with Crippen molar-refractivity contribution in [2.24, 2.45) is 0 Å². The van der Waals surface area contributed by atoms with Crippen LogP contribution < -0.4 is 26.0 Å². The number of aromatic nitrogens is 4. The second-order valence-corrected chi connectivity index (χ2v) is 16.4. The van der Waals surface area contributed by atoms with Crippen molar-refractivity contribution >= 4 is 46.2 Å². The number of nitrogens with zero attached hydrogens (tertiary/aromatic N) is 7. The van der Waals surface area contributed by atoms with Gasteiger partial charge in [-0.3, -0.25) is 34.3 Å². The van der Waals surface area contributed by atoms with E-state index in [4.69, 9.17) is 15.6 Å². The van der Waals surface area contributed by atoms with Gasteiger partial charge in [0.15, 0.2) is 5.65 Å². The fourth-order valence-electron chi connectivity index (χ4n) is 9.56. The number of carbonyl (C=O) groups is 4. The molecule has 1 unspecified atom stereocenters. The van der Waals surface area contributed by atoms with E-state index < -0.39 is 23.8 Å². The number of piperidine rings is 2. The molecule has 4 aliphatic heterocycles. The van der Waals surface area contributed by atoms with Crippen molar-refractivity contribution in [2.45, 2.75) is 81.6 Å². The van der Waals surface area contributed by atoms with Gasteiger partial charge in [-0.2, -0.15) is 5.10 Å². The number of hydrogen-bond donors (Lipinski definition) is 3. The molecule has 15 heteroatoms. The molecule has 10 rings (SSSR count). The van der Waals surface area contributed by atoms with Crippen LogP contribution in [-0.2, 0) is 9.59 Å². The van der Waals surface area contributed by atoms with Crippen molar-refractivity contribution in [1.29, 1.82) is 0 Å². The summed E-state index contributed by atoms with van der Waals surface area (Å²) in [5.74, 6) is 0.0130. The van der Waals surface area contributed by atoms with E-state index in [0.717, 1.165) is 109 Å². The molecule has 4 fully saturated rings. The summed E-state index contributed by atoms with van der Waals surface area (Å²) in [5, 5.41) is 12.1. The normalized spacial score (nSPS) is 23.1. The second-order valence-electron chi connectivity index (χ2n) is 16.4. The van der Waals surface area contributed by atoms with Crippen LogP contribution in [0.3, 0.4) is 0 Å². The van der Waals surface area contributed by atoms with Gasteiger partial charge in [0.1, 0.15) is 35.4 Å². The number of imide groups is 2. The number of rotatable bonds is 9. The van der Waals surface area contributed by atoms with E-state index in [0.29, 0.717) is 35.1 Å². The van der Waals surface area contributed by atoms with Crippen LogP contribution in [0.15, 0.2) is 79.1 Å². The summed E-state index contributed by atoms with van der Waals surface area (Å²) >= 11 is 0. The molecule has 59 heavy (non-hydrogen) atoms. The first-order chi connectivity index (χ1) is 28.8. The molecule has 5 aromatic rings. The maximum absolute atomic E-state index is 13.3. The summed E-state index contributed by atoms with van der Waals surface area (Å²) in [6.45, 7) is 3.78. The number of likely N-dealkylation sites (tertiary alicyclic amines) is 1. The molecule has 6 heterocycles. The van der Waals surface area contributed by atoms with E-state index in [9.17, 15) is 19.2 Å². The van der Waals surface area contributed by atoms with Crippen LogP contribution in [0.25, 0.3) is 22.3 Å². The van der Waals surface area contributed by atoms with Gasteiger partial charge in [-0.15, -0.1) is 0 Å². The van der Waals surface area contributed by atoms with Crippen molar-refractivity contribution in [3.63, 3.8) is 0 Å². The largest absolute Gasteiger partial charge is 0.457 e. The summed E-state index contributed by atoms with van der Waals surface area (Å²) in [6, 6.07) is 23.6. The summed E-state index contributed by atoms with van der Waals surface area (Å²) < 4.78 is 8.08. The van der Waals surface area contributed by atoms with Crippen molar-refractivity contribution in [2.75, 3.05) is 36.8 Å². The Morgan fingerprint density at radius 2 is 1.46 bits per heavy atom. The zero-order valence-electron chi connectivity index (χ0n) is 32.6. The number of fused-ring (bicyclic) bond motifs is 2. The molecule has 2 aromatic heterocycles. The predicted molar refractivity (Wildman–Crippen MR) is 220 cm³/mol. The molecule has 5 aliphatic rings. The first kappa shape index (κ1) is 37.1. The molecular formula is C44H46N10O5. The van der Waals surface area contributed by atoms with E-state index in [1.807, 2.05) is 60.7 Å². The Morgan fingerprint density at radius 1 is 0.746 bits per heavy atom. The summed E-state index contributed by atoms with van der Waals surface area (Å²) in [6.07, 6.45) is 8.08. The first-order valence-corrected chi connectivity index (χ1v) is 20.7. The van der Waals surface area contributed by atoms with E-state index in [-0.39, 0.29) is 24.8 Å². The van der Waals surface area contributed by atoms with Gasteiger partial charge >= 0.3 is 0 Å². The smallest absolute Gasteiger partial charge is 0.262 e. The number of ether oxygens (including phenoxy) is 1. The third kappa shape index (κ3) is 6.97. The van der Waals surface area contributed by atoms with Gasteiger partial charge in [0.05, 0.1) is 22.6 Å². The molecule has 1 atom stereocenters. The van der Waals surface area contributed by atoms with Crippen molar-refractivity contribution in [3.05, 3.63) is 90.3 Å². The lowest BCUT2D eigenvalue weighted by Gasteiger charge is -2.49. The zero-order valence-corrected chi connectivity index (χ0v) is 32.6. The predicted octanol–water partition coefficient (Wildman–Crippen LogP) is 4.70. The summed E-state index contributed by atoms with van der Waals surface area (Å²) in [5.41, 5.74) is 10.5. The lowest BCUT2D eigenvalue weighted by molar-refractivity contribution is -0.136. The fraction of sp³-hybridized carbons (Fsp3) is 0.386. The third-order valence-electron chi connectivity index (χ3n) is 12.8. The van der Waals surface area contributed by atoms with E-state index >= 15 is 0 Å². The van der Waals surface area contributed by atoms with Gasteiger partial charge < -0.3 is 20.7 Å². The quantitative estimate of drug-likeness (QED) is 0.176. The van der Waals surface area contributed by atoms with Crippen LogP contribution in [0.5, 0.6) is 11.5 Å².